The highest BCUT2D eigenvalue weighted by Crippen LogP contribution is 2.49. The van der Waals surface area contributed by atoms with Gasteiger partial charge in [-0.1, -0.05) is 36.4 Å². The van der Waals surface area contributed by atoms with Crippen LogP contribution in [0.15, 0.2) is 83.9 Å². The third kappa shape index (κ3) is 4.65. The second-order valence-electron chi connectivity index (χ2n) is 10.6. The number of primary amides is 1. The molecule has 1 aliphatic rings. The van der Waals surface area contributed by atoms with Gasteiger partial charge < -0.3 is 19.8 Å². The minimum absolute atomic E-state index is 0.110. The number of nitrogens with zero attached hydrogens (tertiary/aromatic N) is 3. The van der Waals surface area contributed by atoms with Crippen LogP contribution < -0.4 is 16.2 Å². The van der Waals surface area contributed by atoms with Crippen molar-refractivity contribution in [1.82, 2.24) is 9.13 Å². The van der Waals surface area contributed by atoms with Crippen LogP contribution in [0.5, 0.6) is 0 Å². The molecule has 0 saturated heterocycles. The number of benzene rings is 3. The zero-order chi connectivity index (χ0) is 29.9. The lowest BCUT2D eigenvalue weighted by Crippen LogP contribution is -2.35. The molecule has 8 nitrogen and oxygen atoms in total. The molecule has 2 N–H and O–H groups in total. The first-order valence-corrected chi connectivity index (χ1v) is 15.1. The first-order valence-electron chi connectivity index (χ1n) is 13.0. The number of hydrogen-bond donors (Lipinski definition) is 1. The van der Waals surface area contributed by atoms with Gasteiger partial charge >= 0.3 is 0 Å². The Morgan fingerprint density at radius 2 is 1.64 bits per heavy atom. The molecule has 0 radical (unpaired) electrons. The molecule has 1 unspecified atom stereocenters. The maximum absolute atomic E-state index is 15.5. The maximum atomic E-state index is 15.5. The molecule has 1 atom stereocenters. The summed E-state index contributed by atoms with van der Waals surface area (Å²) in [6.45, 7) is 0.299. The molecule has 3 aromatic carbocycles. The second kappa shape index (κ2) is 9.95. The lowest BCUT2D eigenvalue weighted by atomic mass is 9.98. The van der Waals surface area contributed by atoms with Crippen LogP contribution in [0.1, 0.15) is 22.7 Å². The number of nitrogens with two attached hydrogens (primary N) is 1. The van der Waals surface area contributed by atoms with Gasteiger partial charge in [-0.05, 0) is 35.4 Å². The molecule has 5 aromatic rings. The summed E-state index contributed by atoms with van der Waals surface area (Å²) in [6, 6.07) is 16.0. The molecule has 0 fully saturated rings. The summed E-state index contributed by atoms with van der Waals surface area (Å²) >= 11 is 0. The molecular formula is C31H26F2N4O4S. The predicted molar refractivity (Wildman–Crippen MR) is 157 cm³/mol. The molecule has 1 aliphatic heterocycles. The average molecular weight is 589 g/mol. The van der Waals surface area contributed by atoms with Gasteiger partial charge in [0.2, 0.25) is 5.91 Å². The zero-order valence-corrected chi connectivity index (χ0v) is 23.5. The Morgan fingerprint density at radius 1 is 0.929 bits per heavy atom. The van der Waals surface area contributed by atoms with Gasteiger partial charge in [-0.15, -0.1) is 0 Å². The Labute approximate surface area is 240 Å². The van der Waals surface area contributed by atoms with Crippen molar-refractivity contribution in [2.24, 2.45) is 12.8 Å². The second-order valence-corrected chi connectivity index (χ2v) is 12.7. The van der Waals surface area contributed by atoms with Crippen LogP contribution in [0.2, 0.25) is 0 Å². The van der Waals surface area contributed by atoms with Gasteiger partial charge in [-0.25, -0.2) is 17.2 Å². The Balaban J connectivity index is 1.75. The largest absolute Gasteiger partial charge is 0.368 e. The first kappa shape index (κ1) is 27.4. The van der Waals surface area contributed by atoms with E-state index < -0.39 is 33.4 Å². The van der Waals surface area contributed by atoms with E-state index in [2.05, 4.69) is 0 Å². The van der Waals surface area contributed by atoms with E-state index in [4.69, 9.17) is 5.73 Å². The van der Waals surface area contributed by atoms with Crippen molar-refractivity contribution in [3.63, 3.8) is 0 Å². The Kier molecular flexibility index (Phi) is 6.49. The van der Waals surface area contributed by atoms with Gasteiger partial charge in [0.15, 0.2) is 9.84 Å². The molecule has 42 heavy (non-hydrogen) atoms. The topological polar surface area (TPSA) is 107 Å². The van der Waals surface area contributed by atoms with E-state index in [0.29, 0.717) is 45.4 Å². The molecule has 0 spiro atoms. The molecular weight excluding hydrogens is 562 g/mol. The monoisotopic (exact) mass is 588 g/mol. The highest BCUT2D eigenvalue weighted by molar-refractivity contribution is 7.89. The number of carbonyl (C=O) groups excluding carboxylic acids is 1. The number of rotatable bonds is 6. The smallest absolute Gasteiger partial charge is 0.274 e. The van der Waals surface area contributed by atoms with Crippen molar-refractivity contribution in [3.05, 3.63) is 118 Å². The molecule has 2 aromatic heterocycles. The number of aromatic nitrogens is 2. The Bertz CT molecular complexity index is 2070. The van der Waals surface area contributed by atoms with Gasteiger partial charge in [0.25, 0.3) is 5.56 Å². The first-order chi connectivity index (χ1) is 19.9. The number of amides is 1. The quantitative estimate of drug-likeness (QED) is 0.313. The van der Waals surface area contributed by atoms with Crippen LogP contribution >= 0.6 is 0 Å². The van der Waals surface area contributed by atoms with E-state index in [9.17, 15) is 22.4 Å². The normalized spacial score (nSPS) is 14.6. The van der Waals surface area contributed by atoms with Gasteiger partial charge in [-0.3, -0.25) is 9.59 Å². The average Bonchev–Trinajstić information content (AvgIpc) is 3.23. The van der Waals surface area contributed by atoms with Crippen molar-refractivity contribution >= 4 is 38.0 Å². The summed E-state index contributed by atoms with van der Waals surface area (Å²) in [6.07, 6.45) is 4.41. The van der Waals surface area contributed by atoms with Crippen molar-refractivity contribution in [3.8, 4) is 11.1 Å². The summed E-state index contributed by atoms with van der Waals surface area (Å²) in [4.78, 5) is 28.4. The number of carbonyl (C=O) groups is 1. The SMILES string of the molecule is Cn1cc2c3c(cn(Cc4ccccc4)c3c1=O)C(C(N)=O)N(c1ccc(F)cc1F)c1ccc(CS(C)(=O)=O)cc1-2. The van der Waals surface area contributed by atoms with Crippen molar-refractivity contribution < 1.29 is 22.0 Å². The number of halogens is 2. The molecule has 11 heteroatoms. The fourth-order valence-corrected chi connectivity index (χ4v) is 6.58. The number of pyridine rings is 1. The van der Waals surface area contributed by atoms with E-state index in [1.807, 2.05) is 30.3 Å². The lowest BCUT2D eigenvalue weighted by Gasteiger charge is -2.32. The van der Waals surface area contributed by atoms with Crippen LogP contribution in [0.4, 0.5) is 20.2 Å². The van der Waals surface area contributed by atoms with Crippen LogP contribution in [0.3, 0.4) is 0 Å². The van der Waals surface area contributed by atoms with E-state index in [1.54, 1.807) is 42.2 Å². The molecule has 214 valence electrons. The van der Waals surface area contributed by atoms with E-state index >= 15 is 4.39 Å². The fourth-order valence-electron chi connectivity index (χ4n) is 5.80. The maximum Gasteiger partial charge on any atom is 0.274 e. The van der Waals surface area contributed by atoms with Gasteiger partial charge in [0, 0.05) is 60.4 Å². The van der Waals surface area contributed by atoms with Gasteiger partial charge in [-0.2, -0.15) is 0 Å². The third-order valence-electron chi connectivity index (χ3n) is 7.45. The molecule has 3 heterocycles. The van der Waals surface area contributed by atoms with Gasteiger partial charge in [0.1, 0.15) is 23.2 Å². The Hall–Kier alpha value is -4.77. The summed E-state index contributed by atoms with van der Waals surface area (Å²) in [5.74, 6) is -2.81. The number of fused-ring (bicyclic) bond motifs is 2. The summed E-state index contributed by atoms with van der Waals surface area (Å²) in [5, 5.41) is 0.445. The van der Waals surface area contributed by atoms with Gasteiger partial charge in [0.05, 0.1) is 17.1 Å². The van der Waals surface area contributed by atoms with Crippen LogP contribution in [-0.2, 0) is 34.0 Å². The molecule has 0 bridgehead atoms. The van der Waals surface area contributed by atoms with Crippen LogP contribution in [0.25, 0.3) is 22.0 Å². The fraction of sp³-hybridized carbons (Fsp3) is 0.161. The highest BCUT2D eigenvalue weighted by atomic mass is 32.2. The summed E-state index contributed by atoms with van der Waals surface area (Å²) in [7, 11) is -1.82. The number of hydrogen-bond acceptors (Lipinski definition) is 5. The molecule has 6 rings (SSSR count). The zero-order valence-electron chi connectivity index (χ0n) is 22.7. The van der Waals surface area contributed by atoms with E-state index in [-0.39, 0.29) is 17.0 Å². The number of anilines is 2. The number of sulfone groups is 1. The minimum Gasteiger partial charge on any atom is -0.368 e. The summed E-state index contributed by atoms with van der Waals surface area (Å²) < 4.78 is 57.0. The van der Waals surface area contributed by atoms with Crippen LogP contribution in [0, 0.1) is 11.6 Å². The predicted octanol–water partition coefficient (Wildman–Crippen LogP) is 4.56. The standard InChI is InChI=1S/C31H26F2N4O4S/c1-35-15-22-21-12-19(17-42(2,40)41)8-10-25(21)37(26-11-9-20(32)13-24(26)33)28(30(34)38)23-16-36(29(27(22)23)31(35)39)14-18-6-4-3-5-7-18/h3-13,15-16,28H,14,17H2,1-2H3,(H2,34,38). The van der Waals surface area contributed by atoms with Crippen molar-refractivity contribution in [1.29, 1.82) is 0 Å². The number of aryl methyl sites for hydroxylation is 1. The van der Waals surface area contributed by atoms with E-state index in [0.717, 1.165) is 24.0 Å². The van der Waals surface area contributed by atoms with Crippen molar-refractivity contribution in [2.75, 3.05) is 11.2 Å². The molecule has 0 aliphatic carbocycles. The summed E-state index contributed by atoms with van der Waals surface area (Å²) in [5.41, 5.74) is 8.96. The highest BCUT2D eigenvalue weighted by Gasteiger charge is 2.38. The molecule has 1 amide bonds. The molecule has 0 saturated carbocycles. The third-order valence-corrected chi connectivity index (χ3v) is 8.31. The minimum atomic E-state index is -3.42. The van der Waals surface area contributed by atoms with Crippen LogP contribution in [-0.4, -0.2) is 29.7 Å². The lowest BCUT2D eigenvalue weighted by molar-refractivity contribution is -0.119. The van der Waals surface area contributed by atoms with Crippen molar-refractivity contribution in [2.45, 2.75) is 18.3 Å². The van der Waals surface area contributed by atoms with E-state index in [1.165, 1.54) is 15.5 Å². The Morgan fingerprint density at radius 3 is 2.31 bits per heavy atom.